The molecule has 4 rings (SSSR count). The van der Waals surface area contributed by atoms with Crippen molar-refractivity contribution < 1.29 is 23.9 Å². The molecule has 0 saturated heterocycles. The zero-order valence-electron chi connectivity index (χ0n) is 22.0. The lowest BCUT2D eigenvalue weighted by Gasteiger charge is -2.23. The van der Waals surface area contributed by atoms with E-state index in [0.717, 1.165) is 5.56 Å². The number of carbonyl (C=O) groups excluding carboxylic acids is 3. The van der Waals surface area contributed by atoms with E-state index in [9.17, 15) is 14.4 Å². The highest BCUT2D eigenvalue weighted by Gasteiger charge is 2.29. The number of amides is 2. The highest BCUT2D eigenvalue weighted by molar-refractivity contribution is 6.37. The molecule has 1 aliphatic rings. The number of hydrogen-bond acceptors (Lipinski definition) is 7. The van der Waals surface area contributed by atoms with Crippen LogP contribution in [0.4, 0.5) is 17.1 Å². The number of ether oxygens (including phenoxy) is 2. The summed E-state index contributed by atoms with van der Waals surface area (Å²) in [6.45, 7) is 0.260. The van der Waals surface area contributed by atoms with E-state index in [4.69, 9.17) is 9.47 Å². The Morgan fingerprint density at radius 2 is 1.66 bits per heavy atom. The first-order valence-corrected chi connectivity index (χ1v) is 11.9. The molecule has 0 aliphatic carbocycles. The summed E-state index contributed by atoms with van der Waals surface area (Å²) in [7, 11) is 8.23. The van der Waals surface area contributed by atoms with E-state index in [0.29, 0.717) is 45.2 Å². The van der Waals surface area contributed by atoms with Crippen LogP contribution in [0.5, 0.6) is 5.75 Å². The lowest BCUT2D eigenvalue weighted by atomic mass is 9.99. The second-order valence-electron chi connectivity index (χ2n) is 9.02. The highest BCUT2D eigenvalue weighted by Crippen LogP contribution is 2.39. The molecule has 0 bridgehead atoms. The lowest BCUT2D eigenvalue weighted by molar-refractivity contribution is -0.119. The Morgan fingerprint density at radius 3 is 2.32 bits per heavy atom. The molecule has 2 N–H and O–H groups in total. The smallest absolute Gasteiger partial charge is 0.337 e. The number of hydrogen-bond donors (Lipinski definition) is 2. The normalized spacial score (nSPS) is 13.5. The van der Waals surface area contributed by atoms with Crippen molar-refractivity contribution in [2.75, 3.05) is 57.4 Å². The highest BCUT2D eigenvalue weighted by atomic mass is 16.5. The van der Waals surface area contributed by atoms with Gasteiger partial charge in [0.25, 0.3) is 5.91 Å². The second kappa shape index (κ2) is 11.2. The van der Waals surface area contributed by atoms with E-state index < -0.39 is 5.97 Å². The van der Waals surface area contributed by atoms with Gasteiger partial charge < -0.3 is 29.9 Å². The van der Waals surface area contributed by atoms with Crippen LogP contribution in [0, 0.1) is 0 Å². The fourth-order valence-corrected chi connectivity index (χ4v) is 4.24. The van der Waals surface area contributed by atoms with E-state index in [1.54, 1.807) is 54.3 Å². The van der Waals surface area contributed by atoms with Crippen LogP contribution in [0.15, 0.2) is 66.7 Å². The Balaban J connectivity index is 1.77. The van der Waals surface area contributed by atoms with Crippen molar-refractivity contribution in [2.24, 2.45) is 0 Å². The standard InChI is InChI=1S/C29H30N4O5/c1-32(2)17-25(34)33(3)23-14-12-20(16-24(23)37-4)30-27(18-9-7-6-8-10-18)26-21-13-11-19(29(36)38-5)15-22(21)31-28(26)35/h6-16,30H,17H2,1-5H3,(H,31,35)/b27-26-. The van der Waals surface area contributed by atoms with Crippen LogP contribution in [0.3, 0.4) is 0 Å². The van der Waals surface area contributed by atoms with Gasteiger partial charge in [0.1, 0.15) is 5.75 Å². The van der Waals surface area contributed by atoms with E-state index in [2.05, 4.69) is 10.6 Å². The van der Waals surface area contributed by atoms with Crippen LogP contribution in [0.25, 0.3) is 11.3 Å². The third kappa shape index (κ3) is 5.37. The maximum Gasteiger partial charge on any atom is 0.337 e. The second-order valence-corrected chi connectivity index (χ2v) is 9.02. The summed E-state index contributed by atoms with van der Waals surface area (Å²) in [6, 6.07) is 19.9. The summed E-state index contributed by atoms with van der Waals surface area (Å²) >= 11 is 0. The molecule has 38 heavy (non-hydrogen) atoms. The number of esters is 1. The Morgan fingerprint density at radius 1 is 0.921 bits per heavy atom. The summed E-state index contributed by atoms with van der Waals surface area (Å²) in [5, 5.41) is 6.25. The van der Waals surface area contributed by atoms with Crippen molar-refractivity contribution in [3.63, 3.8) is 0 Å². The maximum absolute atomic E-state index is 13.2. The quantitative estimate of drug-likeness (QED) is 0.347. The number of fused-ring (bicyclic) bond motifs is 1. The first-order valence-electron chi connectivity index (χ1n) is 11.9. The Bertz CT molecular complexity index is 1420. The number of benzene rings is 3. The lowest BCUT2D eigenvalue weighted by Crippen LogP contribution is -2.35. The van der Waals surface area contributed by atoms with Gasteiger partial charge in [0.15, 0.2) is 0 Å². The van der Waals surface area contributed by atoms with Crippen molar-refractivity contribution in [3.05, 3.63) is 83.4 Å². The predicted octanol–water partition coefficient (Wildman–Crippen LogP) is 3.94. The number of methoxy groups -OCH3 is 2. The number of likely N-dealkylation sites (N-methyl/N-ethyl adjacent to an activating group) is 2. The van der Waals surface area contributed by atoms with Crippen molar-refractivity contribution in [1.82, 2.24) is 4.90 Å². The molecule has 2 amide bonds. The molecule has 0 aromatic heterocycles. The number of nitrogens with one attached hydrogen (secondary N) is 2. The Kier molecular flexibility index (Phi) is 7.78. The minimum Gasteiger partial charge on any atom is -0.494 e. The molecule has 0 radical (unpaired) electrons. The van der Waals surface area contributed by atoms with Crippen LogP contribution in [-0.4, -0.2) is 64.6 Å². The van der Waals surface area contributed by atoms with E-state index >= 15 is 0 Å². The fourth-order valence-electron chi connectivity index (χ4n) is 4.24. The van der Waals surface area contributed by atoms with Crippen LogP contribution in [-0.2, 0) is 14.3 Å². The molecule has 3 aromatic rings. The maximum atomic E-state index is 13.2. The number of rotatable bonds is 8. The minimum atomic E-state index is -0.484. The average molecular weight is 515 g/mol. The van der Waals surface area contributed by atoms with Gasteiger partial charge in [-0.05, 0) is 43.9 Å². The summed E-state index contributed by atoms with van der Waals surface area (Å²) in [5.41, 5.74) is 4.63. The Hall–Kier alpha value is -4.63. The van der Waals surface area contributed by atoms with Gasteiger partial charge in [0.2, 0.25) is 5.91 Å². The SMILES string of the molecule is COC(=O)c1ccc2c(c1)NC(=O)/C2=C(\Nc1ccc(N(C)C(=O)CN(C)C)c(OC)c1)c1ccccc1. The third-order valence-corrected chi connectivity index (χ3v) is 6.13. The third-order valence-electron chi connectivity index (χ3n) is 6.13. The van der Waals surface area contributed by atoms with E-state index in [1.807, 2.05) is 50.5 Å². The van der Waals surface area contributed by atoms with Gasteiger partial charge in [0, 0.05) is 24.4 Å². The molecule has 9 nitrogen and oxygen atoms in total. The van der Waals surface area contributed by atoms with Gasteiger partial charge >= 0.3 is 5.97 Å². The van der Waals surface area contributed by atoms with Crippen molar-refractivity contribution >= 4 is 46.1 Å². The molecule has 1 aliphatic heterocycles. The summed E-state index contributed by atoms with van der Waals surface area (Å²) in [5.74, 6) is -0.360. The summed E-state index contributed by atoms with van der Waals surface area (Å²) in [6.07, 6.45) is 0. The molecular weight excluding hydrogens is 484 g/mol. The molecular formula is C29H30N4O5. The number of anilines is 3. The number of nitrogens with zero attached hydrogens (tertiary/aromatic N) is 2. The summed E-state index contributed by atoms with van der Waals surface area (Å²) < 4.78 is 10.4. The van der Waals surface area contributed by atoms with Crippen LogP contribution < -0.4 is 20.3 Å². The minimum absolute atomic E-state index is 0.0772. The van der Waals surface area contributed by atoms with Crippen molar-refractivity contribution in [3.8, 4) is 5.75 Å². The first-order chi connectivity index (χ1) is 18.2. The summed E-state index contributed by atoms with van der Waals surface area (Å²) in [4.78, 5) is 41.2. The van der Waals surface area contributed by atoms with Crippen molar-refractivity contribution in [1.29, 1.82) is 0 Å². The fraction of sp³-hybridized carbons (Fsp3) is 0.207. The van der Waals surface area contributed by atoms with Crippen LogP contribution >= 0.6 is 0 Å². The monoisotopic (exact) mass is 514 g/mol. The van der Waals surface area contributed by atoms with E-state index in [1.165, 1.54) is 7.11 Å². The van der Waals surface area contributed by atoms with Crippen molar-refractivity contribution in [2.45, 2.75) is 0 Å². The molecule has 1 heterocycles. The van der Waals surface area contributed by atoms with Gasteiger partial charge in [-0.15, -0.1) is 0 Å². The van der Waals surface area contributed by atoms with Gasteiger partial charge in [0.05, 0.1) is 49.0 Å². The van der Waals surface area contributed by atoms with Gasteiger partial charge in [-0.25, -0.2) is 4.79 Å². The molecule has 0 fully saturated rings. The topological polar surface area (TPSA) is 100 Å². The van der Waals surface area contributed by atoms with Gasteiger partial charge in [-0.2, -0.15) is 0 Å². The van der Waals surface area contributed by atoms with E-state index in [-0.39, 0.29) is 18.4 Å². The molecule has 196 valence electrons. The zero-order valence-corrected chi connectivity index (χ0v) is 22.0. The largest absolute Gasteiger partial charge is 0.494 e. The average Bonchev–Trinajstić information content (AvgIpc) is 3.25. The zero-order chi connectivity index (χ0) is 27.4. The van der Waals surface area contributed by atoms with Gasteiger partial charge in [-0.1, -0.05) is 36.4 Å². The molecule has 0 spiro atoms. The molecule has 0 unspecified atom stereocenters. The molecule has 0 saturated carbocycles. The first kappa shape index (κ1) is 26.4. The molecule has 3 aromatic carbocycles. The van der Waals surface area contributed by atoms with Crippen LogP contribution in [0.2, 0.25) is 0 Å². The Labute approximate surface area is 221 Å². The molecule has 9 heteroatoms. The number of carbonyl (C=O) groups is 3. The van der Waals surface area contributed by atoms with Crippen LogP contribution in [0.1, 0.15) is 21.5 Å². The van der Waals surface area contributed by atoms with Gasteiger partial charge in [-0.3, -0.25) is 9.59 Å². The predicted molar refractivity (Wildman–Crippen MR) is 148 cm³/mol. The molecule has 0 atom stereocenters.